The van der Waals surface area contributed by atoms with Crippen LogP contribution in [0.3, 0.4) is 0 Å². The number of carboxylic acids is 1. The number of rotatable bonds is 4. The maximum Gasteiger partial charge on any atom is 0.308 e. The third-order valence-corrected chi connectivity index (χ3v) is 4.01. The van der Waals surface area contributed by atoms with Crippen molar-refractivity contribution in [3.05, 3.63) is 34.1 Å². The van der Waals surface area contributed by atoms with E-state index in [0.717, 1.165) is 0 Å². The highest BCUT2D eigenvalue weighted by molar-refractivity contribution is 9.10. The minimum Gasteiger partial charge on any atom is -0.481 e. The molecule has 2 rings (SSSR count). The maximum absolute atomic E-state index is 13.6. The molecule has 1 fully saturated rings. The molecule has 1 saturated heterocycles. The molecule has 6 heteroatoms. The Morgan fingerprint density at radius 3 is 2.80 bits per heavy atom. The van der Waals surface area contributed by atoms with Crippen LogP contribution in [0.15, 0.2) is 22.7 Å². The van der Waals surface area contributed by atoms with Gasteiger partial charge in [0.1, 0.15) is 5.82 Å². The highest BCUT2D eigenvalue weighted by Gasteiger charge is 2.30. The van der Waals surface area contributed by atoms with Crippen molar-refractivity contribution in [3.63, 3.8) is 0 Å². The van der Waals surface area contributed by atoms with E-state index in [1.807, 2.05) is 0 Å². The number of amides is 1. The van der Waals surface area contributed by atoms with Gasteiger partial charge in [0.25, 0.3) is 0 Å². The minimum atomic E-state index is -0.862. The van der Waals surface area contributed by atoms with Gasteiger partial charge in [-0.05, 0) is 30.5 Å². The van der Waals surface area contributed by atoms with Gasteiger partial charge in [-0.3, -0.25) is 9.59 Å². The molecule has 1 amide bonds. The fourth-order valence-corrected chi connectivity index (χ4v) is 2.65. The zero-order valence-electron chi connectivity index (χ0n) is 10.8. The molecule has 0 aliphatic carbocycles. The van der Waals surface area contributed by atoms with Crippen LogP contribution in [0.25, 0.3) is 0 Å². The van der Waals surface area contributed by atoms with E-state index in [4.69, 9.17) is 5.11 Å². The summed E-state index contributed by atoms with van der Waals surface area (Å²) in [6, 6.07) is 4.76. The Labute approximate surface area is 124 Å². The third kappa shape index (κ3) is 3.56. The highest BCUT2D eigenvalue weighted by Crippen LogP contribution is 2.19. The van der Waals surface area contributed by atoms with E-state index in [0.29, 0.717) is 29.4 Å². The lowest BCUT2D eigenvalue weighted by Gasteiger charge is -2.15. The van der Waals surface area contributed by atoms with E-state index in [1.165, 1.54) is 6.07 Å². The van der Waals surface area contributed by atoms with Crippen molar-refractivity contribution in [1.82, 2.24) is 4.90 Å². The van der Waals surface area contributed by atoms with Gasteiger partial charge in [-0.2, -0.15) is 0 Å². The first-order valence-electron chi connectivity index (χ1n) is 6.42. The van der Waals surface area contributed by atoms with Gasteiger partial charge in [0, 0.05) is 24.0 Å². The van der Waals surface area contributed by atoms with Crippen LogP contribution >= 0.6 is 15.9 Å². The van der Waals surface area contributed by atoms with Crippen molar-refractivity contribution in [3.8, 4) is 0 Å². The first-order valence-corrected chi connectivity index (χ1v) is 7.21. The maximum atomic E-state index is 13.6. The van der Waals surface area contributed by atoms with E-state index >= 15 is 0 Å². The molecule has 108 valence electrons. The predicted molar refractivity (Wildman–Crippen MR) is 74.7 cm³/mol. The van der Waals surface area contributed by atoms with Crippen LogP contribution in [-0.4, -0.2) is 35.0 Å². The van der Waals surface area contributed by atoms with Gasteiger partial charge < -0.3 is 10.0 Å². The molecule has 0 saturated carbocycles. The fourth-order valence-electron chi connectivity index (χ4n) is 2.31. The summed E-state index contributed by atoms with van der Waals surface area (Å²) >= 11 is 3.18. The first-order chi connectivity index (χ1) is 9.47. The molecular weight excluding hydrogens is 329 g/mol. The summed E-state index contributed by atoms with van der Waals surface area (Å²) in [6.07, 6.45) is 1.02. The molecule has 0 spiro atoms. The summed E-state index contributed by atoms with van der Waals surface area (Å²) in [6.45, 7) is 0.732. The molecule has 1 heterocycles. The first kappa shape index (κ1) is 15.0. The van der Waals surface area contributed by atoms with E-state index < -0.39 is 11.9 Å². The fraction of sp³-hybridized carbons (Fsp3) is 0.429. The Kier molecular flexibility index (Phi) is 4.75. The summed E-state index contributed by atoms with van der Waals surface area (Å²) in [5.41, 5.74) is 0.496. The summed E-state index contributed by atoms with van der Waals surface area (Å²) in [5, 5.41) is 8.89. The van der Waals surface area contributed by atoms with Crippen molar-refractivity contribution in [2.75, 3.05) is 13.1 Å². The SMILES string of the molecule is O=C(O)[C@H]1CCN(C(=O)CCc2ccc(Br)cc2F)C1. The number of carbonyl (C=O) groups excluding carboxylic acids is 1. The molecule has 1 atom stereocenters. The molecular formula is C14H15BrFNO3. The number of hydrogen-bond acceptors (Lipinski definition) is 2. The van der Waals surface area contributed by atoms with Gasteiger partial charge in [0.15, 0.2) is 0 Å². The molecule has 1 aromatic rings. The Bertz CT molecular complexity index is 535. The topological polar surface area (TPSA) is 57.6 Å². The smallest absolute Gasteiger partial charge is 0.308 e. The number of benzene rings is 1. The van der Waals surface area contributed by atoms with Gasteiger partial charge in [-0.25, -0.2) is 4.39 Å². The quantitative estimate of drug-likeness (QED) is 0.913. The number of likely N-dealkylation sites (tertiary alicyclic amines) is 1. The van der Waals surface area contributed by atoms with Crippen molar-refractivity contribution >= 4 is 27.8 Å². The lowest BCUT2D eigenvalue weighted by Crippen LogP contribution is -2.30. The summed E-state index contributed by atoms with van der Waals surface area (Å²) in [5.74, 6) is -1.78. The lowest BCUT2D eigenvalue weighted by molar-refractivity contribution is -0.141. The number of hydrogen-bond donors (Lipinski definition) is 1. The van der Waals surface area contributed by atoms with Crippen molar-refractivity contribution in [1.29, 1.82) is 0 Å². The van der Waals surface area contributed by atoms with E-state index in [1.54, 1.807) is 17.0 Å². The summed E-state index contributed by atoms with van der Waals surface area (Å²) in [7, 11) is 0. The molecule has 4 nitrogen and oxygen atoms in total. The Hall–Kier alpha value is -1.43. The highest BCUT2D eigenvalue weighted by atomic mass is 79.9. The number of halogens is 2. The van der Waals surface area contributed by atoms with Crippen LogP contribution in [0.4, 0.5) is 4.39 Å². The van der Waals surface area contributed by atoms with Gasteiger partial charge in [0.2, 0.25) is 5.91 Å². The van der Waals surface area contributed by atoms with Crippen molar-refractivity contribution in [2.24, 2.45) is 5.92 Å². The predicted octanol–water partition coefficient (Wildman–Crippen LogP) is 2.45. The van der Waals surface area contributed by atoms with E-state index in [2.05, 4.69) is 15.9 Å². The standard InChI is InChI=1S/C14H15BrFNO3/c15-11-3-1-9(12(16)7-11)2-4-13(18)17-6-5-10(8-17)14(19)20/h1,3,7,10H,2,4-6,8H2,(H,19,20)/t10-/m0/s1. The summed E-state index contributed by atoms with van der Waals surface area (Å²) < 4.78 is 14.3. The molecule has 20 heavy (non-hydrogen) atoms. The average Bonchev–Trinajstić information content (AvgIpc) is 2.87. The average molecular weight is 344 g/mol. The molecule has 0 bridgehead atoms. The number of carbonyl (C=O) groups is 2. The van der Waals surface area contributed by atoms with E-state index in [9.17, 15) is 14.0 Å². The zero-order valence-corrected chi connectivity index (χ0v) is 12.4. The molecule has 1 aliphatic heterocycles. The van der Waals surface area contributed by atoms with Crippen molar-refractivity contribution in [2.45, 2.75) is 19.3 Å². The third-order valence-electron chi connectivity index (χ3n) is 3.51. The summed E-state index contributed by atoms with van der Waals surface area (Å²) in [4.78, 5) is 24.4. The van der Waals surface area contributed by atoms with Crippen LogP contribution in [0.2, 0.25) is 0 Å². The minimum absolute atomic E-state index is 0.115. The zero-order chi connectivity index (χ0) is 14.7. The molecule has 1 N–H and O–H groups in total. The second kappa shape index (κ2) is 6.35. The largest absolute Gasteiger partial charge is 0.481 e. The second-order valence-electron chi connectivity index (χ2n) is 4.90. The monoisotopic (exact) mass is 343 g/mol. The molecule has 0 radical (unpaired) electrons. The Morgan fingerprint density at radius 1 is 1.45 bits per heavy atom. The van der Waals surface area contributed by atoms with Crippen LogP contribution in [0.1, 0.15) is 18.4 Å². The van der Waals surface area contributed by atoms with Gasteiger partial charge >= 0.3 is 5.97 Å². The lowest BCUT2D eigenvalue weighted by atomic mass is 10.1. The van der Waals surface area contributed by atoms with E-state index in [-0.39, 0.29) is 24.7 Å². The molecule has 1 aromatic carbocycles. The number of aliphatic carboxylic acids is 1. The van der Waals surface area contributed by atoms with Gasteiger partial charge in [-0.1, -0.05) is 22.0 Å². The second-order valence-corrected chi connectivity index (χ2v) is 5.81. The number of carboxylic acid groups (broad SMARTS) is 1. The molecule has 0 aromatic heterocycles. The normalized spacial score (nSPS) is 18.3. The van der Waals surface area contributed by atoms with Crippen LogP contribution in [-0.2, 0) is 16.0 Å². The van der Waals surface area contributed by atoms with Crippen molar-refractivity contribution < 1.29 is 19.1 Å². The molecule has 1 aliphatic rings. The van der Waals surface area contributed by atoms with Crippen LogP contribution < -0.4 is 0 Å². The Balaban J connectivity index is 1.88. The number of nitrogens with zero attached hydrogens (tertiary/aromatic N) is 1. The van der Waals surface area contributed by atoms with Crippen LogP contribution in [0, 0.1) is 11.7 Å². The number of aryl methyl sites for hydroxylation is 1. The Morgan fingerprint density at radius 2 is 2.20 bits per heavy atom. The van der Waals surface area contributed by atoms with Crippen LogP contribution in [0.5, 0.6) is 0 Å². The molecule has 0 unspecified atom stereocenters. The van der Waals surface area contributed by atoms with Gasteiger partial charge in [0.05, 0.1) is 5.92 Å². The van der Waals surface area contributed by atoms with Gasteiger partial charge in [-0.15, -0.1) is 0 Å².